The molecule has 13 heavy (non-hydrogen) atoms. The molecule has 1 heterocycles. The largest absolute Gasteiger partial charge is 0.481 e. The monoisotopic (exact) mass is 241 g/mol. The molecule has 0 spiro atoms. The molecule has 1 saturated carbocycles. The topological polar surface area (TPSA) is 50.2 Å². The van der Waals surface area contributed by atoms with Crippen LogP contribution in [-0.2, 0) is 10.2 Å². The van der Waals surface area contributed by atoms with Gasteiger partial charge in [0, 0.05) is 11.8 Å². The summed E-state index contributed by atoms with van der Waals surface area (Å²) < 4.78 is 0.648. The summed E-state index contributed by atoms with van der Waals surface area (Å²) in [6.07, 6.45) is 3.07. The number of nitrogens with zero attached hydrogens (tertiary/aromatic N) is 1. The zero-order valence-electron chi connectivity index (χ0n) is 6.83. The first-order valence-electron chi connectivity index (χ1n) is 4.01. The highest BCUT2D eigenvalue weighted by molar-refractivity contribution is 9.10. The third-order valence-corrected chi connectivity index (χ3v) is 3.07. The molecule has 1 N–H and O–H groups in total. The van der Waals surface area contributed by atoms with Gasteiger partial charge in [0.05, 0.1) is 5.41 Å². The molecule has 2 rings (SSSR count). The Morgan fingerprint density at radius 1 is 1.62 bits per heavy atom. The zero-order valence-corrected chi connectivity index (χ0v) is 8.41. The molecule has 0 aromatic carbocycles. The Bertz CT molecular complexity index is 360. The highest BCUT2D eigenvalue weighted by Crippen LogP contribution is 2.50. The predicted octanol–water partition coefficient (Wildman–Crippen LogP) is 1.96. The summed E-state index contributed by atoms with van der Waals surface area (Å²) in [6, 6.07) is 3.58. The maximum atomic E-state index is 11.0. The lowest BCUT2D eigenvalue weighted by molar-refractivity contribution is -0.140. The van der Waals surface area contributed by atoms with Crippen LogP contribution in [0.15, 0.2) is 22.9 Å². The van der Waals surface area contributed by atoms with E-state index in [4.69, 9.17) is 5.11 Å². The summed E-state index contributed by atoms with van der Waals surface area (Å²) in [6.45, 7) is 0. The lowest BCUT2D eigenvalue weighted by Crippen LogP contribution is -2.20. The number of halogens is 1. The van der Waals surface area contributed by atoms with Crippen LogP contribution in [-0.4, -0.2) is 16.1 Å². The number of rotatable bonds is 2. The fraction of sp³-hybridized carbons (Fsp3) is 0.333. The van der Waals surface area contributed by atoms with Gasteiger partial charge in [-0.15, -0.1) is 0 Å². The molecular formula is C9H8BrNO2. The minimum absolute atomic E-state index is 0.648. The Morgan fingerprint density at radius 3 is 2.77 bits per heavy atom. The first kappa shape index (κ1) is 8.69. The first-order chi connectivity index (χ1) is 6.17. The smallest absolute Gasteiger partial charge is 0.314 e. The van der Waals surface area contributed by atoms with E-state index in [0.717, 1.165) is 5.56 Å². The number of hydrogen-bond acceptors (Lipinski definition) is 2. The molecule has 3 nitrogen and oxygen atoms in total. The summed E-state index contributed by atoms with van der Waals surface area (Å²) in [5.74, 6) is -0.749. The van der Waals surface area contributed by atoms with E-state index in [1.54, 1.807) is 12.3 Å². The molecule has 0 radical (unpaired) electrons. The maximum absolute atomic E-state index is 11.0. The van der Waals surface area contributed by atoms with Crippen LogP contribution in [0.25, 0.3) is 0 Å². The Hall–Kier alpha value is -0.900. The average Bonchev–Trinajstić information content (AvgIpc) is 2.85. The van der Waals surface area contributed by atoms with Crippen molar-refractivity contribution in [2.45, 2.75) is 18.3 Å². The minimum atomic E-state index is -0.749. The van der Waals surface area contributed by atoms with Crippen molar-refractivity contribution >= 4 is 21.9 Å². The molecule has 0 unspecified atom stereocenters. The number of aliphatic carboxylic acids is 1. The Morgan fingerprint density at radius 2 is 2.31 bits per heavy atom. The van der Waals surface area contributed by atoms with E-state index in [1.165, 1.54) is 0 Å². The van der Waals surface area contributed by atoms with Crippen molar-refractivity contribution in [2.24, 2.45) is 0 Å². The van der Waals surface area contributed by atoms with Crippen LogP contribution < -0.4 is 0 Å². The van der Waals surface area contributed by atoms with Gasteiger partial charge in [0.25, 0.3) is 0 Å². The van der Waals surface area contributed by atoms with Crippen molar-refractivity contribution in [1.82, 2.24) is 4.98 Å². The van der Waals surface area contributed by atoms with Crippen LogP contribution in [0.5, 0.6) is 0 Å². The SMILES string of the molecule is O=C(O)C1(c2cccnc2Br)CC1. The average molecular weight is 242 g/mol. The van der Waals surface area contributed by atoms with Gasteiger partial charge in [-0.2, -0.15) is 0 Å². The molecule has 0 bridgehead atoms. The van der Waals surface area contributed by atoms with Crippen molar-refractivity contribution in [2.75, 3.05) is 0 Å². The van der Waals surface area contributed by atoms with E-state index in [0.29, 0.717) is 17.4 Å². The second-order valence-corrected chi connectivity index (χ2v) is 3.98. The zero-order chi connectivity index (χ0) is 9.47. The summed E-state index contributed by atoms with van der Waals surface area (Å²) in [4.78, 5) is 15.0. The third-order valence-electron chi connectivity index (χ3n) is 2.43. The predicted molar refractivity (Wildman–Crippen MR) is 50.5 cm³/mol. The lowest BCUT2D eigenvalue weighted by atomic mass is 9.98. The van der Waals surface area contributed by atoms with Crippen LogP contribution in [0.3, 0.4) is 0 Å². The third kappa shape index (κ3) is 1.25. The molecule has 68 valence electrons. The summed E-state index contributed by atoms with van der Waals surface area (Å²) in [5, 5.41) is 9.03. The number of pyridine rings is 1. The summed E-state index contributed by atoms with van der Waals surface area (Å²) in [5.41, 5.74) is 0.134. The van der Waals surface area contributed by atoms with Crippen LogP contribution in [0.1, 0.15) is 18.4 Å². The van der Waals surface area contributed by atoms with Crippen molar-refractivity contribution in [3.8, 4) is 0 Å². The van der Waals surface area contributed by atoms with Gasteiger partial charge in [-0.25, -0.2) is 4.98 Å². The number of carboxylic acids is 1. The molecule has 1 aromatic rings. The van der Waals surface area contributed by atoms with E-state index >= 15 is 0 Å². The number of carboxylic acid groups (broad SMARTS) is 1. The van der Waals surface area contributed by atoms with Crippen LogP contribution in [0.4, 0.5) is 0 Å². The van der Waals surface area contributed by atoms with Crippen LogP contribution in [0.2, 0.25) is 0 Å². The Balaban J connectivity index is 2.47. The van der Waals surface area contributed by atoms with Gasteiger partial charge in [0.2, 0.25) is 0 Å². The molecular weight excluding hydrogens is 234 g/mol. The summed E-state index contributed by atoms with van der Waals surface area (Å²) >= 11 is 3.27. The molecule has 0 atom stereocenters. The normalized spacial score (nSPS) is 18.2. The van der Waals surface area contributed by atoms with Crippen molar-refractivity contribution < 1.29 is 9.90 Å². The van der Waals surface area contributed by atoms with Gasteiger partial charge in [0.15, 0.2) is 0 Å². The van der Waals surface area contributed by atoms with Gasteiger partial charge >= 0.3 is 5.97 Å². The fourth-order valence-corrected chi connectivity index (χ4v) is 2.10. The van der Waals surface area contributed by atoms with E-state index < -0.39 is 11.4 Å². The van der Waals surface area contributed by atoms with E-state index in [-0.39, 0.29) is 0 Å². The fourth-order valence-electron chi connectivity index (χ4n) is 1.47. The van der Waals surface area contributed by atoms with Crippen molar-refractivity contribution in [1.29, 1.82) is 0 Å². The molecule has 4 heteroatoms. The molecule has 1 aliphatic rings. The van der Waals surface area contributed by atoms with Crippen molar-refractivity contribution in [3.05, 3.63) is 28.5 Å². The van der Waals surface area contributed by atoms with Crippen LogP contribution >= 0.6 is 15.9 Å². The Labute approximate surface area is 83.9 Å². The van der Waals surface area contributed by atoms with Crippen molar-refractivity contribution in [3.63, 3.8) is 0 Å². The van der Waals surface area contributed by atoms with Gasteiger partial charge in [-0.1, -0.05) is 6.07 Å². The number of hydrogen-bond donors (Lipinski definition) is 1. The molecule has 0 saturated heterocycles. The second-order valence-electron chi connectivity index (χ2n) is 3.23. The van der Waals surface area contributed by atoms with Gasteiger partial charge < -0.3 is 5.11 Å². The van der Waals surface area contributed by atoms with Gasteiger partial charge in [0.1, 0.15) is 4.60 Å². The molecule has 1 fully saturated rings. The first-order valence-corrected chi connectivity index (χ1v) is 4.80. The second kappa shape index (κ2) is 2.80. The van der Waals surface area contributed by atoms with E-state index in [2.05, 4.69) is 20.9 Å². The molecule has 0 amide bonds. The Kier molecular flexibility index (Phi) is 1.87. The van der Waals surface area contributed by atoms with Crippen LogP contribution in [0, 0.1) is 0 Å². The number of carbonyl (C=O) groups is 1. The quantitative estimate of drug-likeness (QED) is 0.806. The highest BCUT2D eigenvalue weighted by Gasteiger charge is 2.52. The molecule has 1 aliphatic carbocycles. The summed E-state index contributed by atoms with van der Waals surface area (Å²) in [7, 11) is 0. The van der Waals surface area contributed by atoms with E-state index in [9.17, 15) is 4.79 Å². The lowest BCUT2D eigenvalue weighted by Gasteiger charge is -2.10. The minimum Gasteiger partial charge on any atom is -0.481 e. The highest BCUT2D eigenvalue weighted by atomic mass is 79.9. The molecule has 1 aromatic heterocycles. The number of aromatic nitrogens is 1. The van der Waals surface area contributed by atoms with E-state index in [1.807, 2.05) is 6.07 Å². The molecule has 0 aliphatic heterocycles. The van der Waals surface area contributed by atoms with Gasteiger partial charge in [-0.05, 0) is 34.8 Å². The standard InChI is InChI=1S/C9H8BrNO2/c10-7-6(2-1-5-11-7)9(3-4-9)8(12)13/h1-2,5H,3-4H2,(H,12,13). The maximum Gasteiger partial charge on any atom is 0.314 e. The van der Waals surface area contributed by atoms with Gasteiger partial charge in [-0.3, -0.25) is 4.79 Å².